The normalized spacial score (nSPS) is 12.6. The van der Waals surface area contributed by atoms with Gasteiger partial charge in [-0.2, -0.15) is 0 Å². The van der Waals surface area contributed by atoms with E-state index in [0.29, 0.717) is 5.92 Å². The molecule has 0 saturated carbocycles. The van der Waals surface area contributed by atoms with Gasteiger partial charge in [0.05, 0.1) is 0 Å². The molecule has 2 rings (SSSR count). The van der Waals surface area contributed by atoms with Crippen molar-refractivity contribution >= 4 is 0 Å². The quantitative estimate of drug-likeness (QED) is 0.768. The topological polar surface area (TPSA) is 3.24 Å². The van der Waals surface area contributed by atoms with E-state index in [0.717, 1.165) is 13.1 Å². The maximum Gasteiger partial charge on any atom is 0.0233 e. The standard InChI is InChI=1S/C18H23N/c1-4-19(3)14-17-12-8-9-13-18(17)15(2)16-10-6-5-7-11-16/h5-13,15H,4,14H2,1-3H3. The molecular formula is C18H23N. The van der Waals surface area contributed by atoms with Crippen molar-refractivity contribution in [2.45, 2.75) is 26.3 Å². The molecule has 0 bridgehead atoms. The van der Waals surface area contributed by atoms with E-state index in [1.165, 1.54) is 16.7 Å². The van der Waals surface area contributed by atoms with Crippen molar-refractivity contribution in [2.75, 3.05) is 13.6 Å². The minimum atomic E-state index is 0.447. The Morgan fingerprint density at radius 2 is 1.58 bits per heavy atom. The number of hydrogen-bond acceptors (Lipinski definition) is 1. The van der Waals surface area contributed by atoms with Crippen molar-refractivity contribution in [1.82, 2.24) is 4.90 Å². The van der Waals surface area contributed by atoms with Gasteiger partial charge in [-0.25, -0.2) is 0 Å². The van der Waals surface area contributed by atoms with Gasteiger partial charge < -0.3 is 4.90 Å². The molecule has 1 nitrogen and oxygen atoms in total. The minimum Gasteiger partial charge on any atom is -0.302 e. The van der Waals surface area contributed by atoms with Gasteiger partial charge in [0.2, 0.25) is 0 Å². The van der Waals surface area contributed by atoms with Crippen LogP contribution in [-0.4, -0.2) is 18.5 Å². The van der Waals surface area contributed by atoms with E-state index in [1.54, 1.807) is 0 Å². The molecule has 1 atom stereocenters. The summed E-state index contributed by atoms with van der Waals surface area (Å²) >= 11 is 0. The fraction of sp³-hybridized carbons (Fsp3) is 0.333. The van der Waals surface area contributed by atoms with E-state index >= 15 is 0 Å². The van der Waals surface area contributed by atoms with Crippen LogP contribution in [0, 0.1) is 0 Å². The summed E-state index contributed by atoms with van der Waals surface area (Å²) in [7, 11) is 2.17. The summed E-state index contributed by atoms with van der Waals surface area (Å²) in [5.74, 6) is 0.447. The Morgan fingerprint density at radius 3 is 2.26 bits per heavy atom. The molecule has 2 aromatic rings. The number of nitrogens with zero attached hydrogens (tertiary/aromatic N) is 1. The monoisotopic (exact) mass is 253 g/mol. The minimum absolute atomic E-state index is 0.447. The molecule has 0 aliphatic carbocycles. The van der Waals surface area contributed by atoms with E-state index < -0.39 is 0 Å². The van der Waals surface area contributed by atoms with E-state index in [1.807, 2.05) is 0 Å². The summed E-state index contributed by atoms with van der Waals surface area (Å²) in [6, 6.07) is 19.5. The first-order valence-electron chi connectivity index (χ1n) is 7.03. The number of benzene rings is 2. The second-order valence-electron chi connectivity index (χ2n) is 5.16. The number of rotatable bonds is 5. The van der Waals surface area contributed by atoms with Crippen LogP contribution in [0.1, 0.15) is 36.5 Å². The summed E-state index contributed by atoms with van der Waals surface area (Å²) < 4.78 is 0. The number of hydrogen-bond donors (Lipinski definition) is 0. The van der Waals surface area contributed by atoms with Crippen LogP contribution in [0.5, 0.6) is 0 Å². The lowest BCUT2D eigenvalue weighted by atomic mass is 9.89. The van der Waals surface area contributed by atoms with Crippen LogP contribution in [0.3, 0.4) is 0 Å². The Labute approximate surface area is 116 Å². The lowest BCUT2D eigenvalue weighted by molar-refractivity contribution is 0.344. The van der Waals surface area contributed by atoms with E-state index in [4.69, 9.17) is 0 Å². The Balaban J connectivity index is 2.29. The van der Waals surface area contributed by atoms with Gasteiger partial charge in [-0.3, -0.25) is 0 Å². The third-order valence-electron chi connectivity index (χ3n) is 3.80. The average Bonchev–Trinajstić information content (AvgIpc) is 2.48. The molecule has 0 heterocycles. The molecule has 0 radical (unpaired) electrons. The first kappa shape index (κ1) is 13.8. The van der Waals surface area contributed by atoms with Crippen molar-refractivity contribution < 1.29 is 0 Å². The SMILES string of the molecule is CCN(C)Cc1ccccc1C(C)c1ccccc1. The Bertz CT molecular complexity index is 504. The molecule has 0 aromatic heterocycles. The molecule has 0 fully saturated rings. The zero-order chi connectivity index (χ0) is 13.7. The molecule has 100 valence electrons. The van der Waals surface area contributed by atoms with Crippen LogP contribution in [0.2, 0.25) is 0 Å². The third-order valence-corrected chi connectivity index (χ3v) is 3.80. The van der Waals surface area contributed by atoms with Crippen molar-refractivity contribution in [3.63, 3.8) is 0 Å². The summed E-state index contributed by atoms with van der Waals surface area (Å²) in [5.41, 5.74) is 4.26. The molecule has 19 heavy (non-hydrogen) atoms. The Kier molecular flexibility index (Phi) is 4.75. The van der Waals surface area contributed by atoms with E-state index in [9.17, 15) is 0 Å². The van der Waals surface area contributed by atoms with Crippen molar-refractivity contribution in [1.29, 1.82) is 0 Å². The Hall–Kier alpha value is -1.60. The lowest BCUT2D eigenvalue weighted by Gasteiger charge is -2.20. The van der Waals surface area contributed by atoms with Gasteiger partial charge in [-0.15, -0.1) is 0 Å². The smallest absolute Gasteiger partial charge is 0.0233 e. The van der Waals surface area contributed by atoms with Crippen molar-refractivity contribution in [2.24, 2.45) is 0 Å². The van der Waals surface area contributed by atoms with Gasteiger partial charge in [0.1, 0.15) is 0 Å². The lowest BCUT2D eigenvalue weighted by Crippen LogP contribution is -2.18. The maximum absolute atomic E-state index is 2.34. The molecule has 0 amide bonds. The van der Waals surface area contributed by atoms with Crippen LogP contribution >= 0.6 is 0 Å². The maximum atomic E-state index is 2.34. The molecule has 1 unspecified atom stereocenters. The van der Waals surface area contributed by atoms with Crippen LogP contribution in [-0.2, 0) is 6.54 Å². The van der Waals surface area contributed by atoms with Crippen LogP contribution in [0.15, 0.2) is 54.6 Å². The predicted octanol–water partition coefficient (Wildman–Crippen LogP) is 4.29. The van der Waals surface area contributed by atoms with Gasteiger partial charge in [0.15, 0.2) is 0 Å². The first-order chi connectivity index (χ1) is 9.22. The zero-order valence-electron chi connectivity index (χ0n) is 12.1. The van der Waals surface area contributed by atoms with Crippen LogP contribution < -0.4 is 0 Å². The van der Waals surface area contributed by atoms with E-state index in [-0.39, 0.29) is 0 Å². The zero-order valence-corrected chi connectivity index (χ0v) is 12.1. The Morgan fingerprint density at radius 1 is 0.947 bits per heavy atom. The molecule has 2 aromatic carbocycles. The van der Waals surface area contributed by atoms with Gasteiger partial charge in [0.25, 0.3) is 0 Å². The van der Waals surface area contributed by atoms with Crippen LogP contribution in [0.25, 0.3) is 0 Å². The van der Waals surface area contributed by atoms with Gasteiger partial charge >= 0.3 is 0 Å². The molecule has 1 heteroatoms. The van der Waals surface area contributed by atoms with Crippen LogP contribution in [0.4, 0.5) is 0 Å². The molecule has 0 N–H and O–H groups in total. The van der Waals surface area contributed by atoms with E-state index in [2.05, 4.69) is 80.4 Å². The second-order valence-corrected chi connectivity index (χ2v) is 5.16. The van der Waals surface area contributed by atoms with Gasteiger partial charge in [0, 0.05) is 12.5 Å². The highest BCUT2D eigenvalue weighted by Crippen LogP contribution is 2.27. The summed E-state index contributed by atoms with van der Waals surface area (Å²) in [6.45, 7) is 6.58. The van der Waals surface area contributed by atoms with Gasteiger partial charge in [-0.05, 0) is 30.3 Å². The van der Waals surface area contributed by atoms with Crippen molar-refractivity contribution in [3.8, 4) is 0 Å². The summed E-state index contributed by atoms with van der Waals surface area (Å²) in [5, 5.41) is 0. The molecular weight excluding hydrogens is 230 g/mol. The fourth-order valence-electron chi connectivity index (χ4n) is 2.42. The van der Waals surface area contributed by atoms with Gasteiger partial charge in [-0.1, -0.05) is 68.4 Å². The average molecular weight is 253 g/mol. The highest BCUT2D eigenvalue weighted by atomic mass is 15.1. The highest BCUT2D eigenvalue weighted by Gasteiger charge is 2.12. The molecule has 0 spiro atoms. The third kappa shape index (κ3) is 3.45. The molecule has 0 aliphatic heterocycles. The largest absolute Gasteiger partial charge is 0.302 e. The fourth-order valence-corrected chi connectivity index (χ4v) is 2.42. The van der Waals surface area contributed by atoms with Crippen molar-refractivity contribution in [3.05, 3.63) is 71.3 Å². The first-order valence-corrected chi connectivity index (χ1v) is 7.03. The molecule has 0 saturated heterocycles. The molecule has 0 aliphatic rings. The second kappa shape index (κ2) is 6.53. The highest BCUT2D eigenvalue weighted by molar-refractivity contribution is 5.37. The summed E-state index contributed by atoms with van der Waals surface area (Å²) in [4.78, 5) is 2.34. The summed E-state index contributed by atoms with van der Waals surface area (Å²) in [6.07, 6.45) is 0. The predicted molar refractivity (Wildman–Crippen MR) is 82.4 cm³/mol.